The fraction of sp³-hybridized carbons (Fsp3) is 0.333. The van der Waals surface area contributed by atoms with Crippen LogP contribution in [0.4, 0.5) is 0 Å². The van der Waals surface area contributed by atoms with Crippen molar-refractivity contribution in [1.82, 2.24) is 10.3 Å². The van der Waals surface area contributed by atoms with E-state index in [-0.39, 0.29) is 5.91 Å². The molecular weight excluding hydrogens is 152 g/mol. The molecule has 0 saturated carbocycles. The number of carbonyl (C=O) groups is 1. The topological polar surface area (TPSA) is 42.0 Å². The first-order valence-corrected chi connectivity index (χ1v) is 4.07. The highest BCUT2D eigenvalue weighted by Crippen LogP contribution is 2.14. The standard InChI is InChI=1S/C9H10N2O/c1-2-6-3-7-5-11-9(12)8(7)10-4-6/h3-4H,2,5H2,1H3,(H,11,12). The van der Waals surface area contributed by atoms with Crippen LogP contribution in [0.25, 0.3) is 0 Å². The number of carbonyl (C=O) groups excluding carboxylic acids is 1. The van der Waals surface area contributed by atoms with Gasteiger partial charge in [0.15, 0.2) is 0 Å². The number of pyridine rings is 1. The average Bonchev–Trinajstić information content (AvgIpc) is 2.47. The van der Waals surface area contributed by atoms with E-state index >= 15 is 0 Å². The number of aryl methyl sites for hydroxylation is 1. The summed E-state index contributed by atoms with van der Waals surface area (Å²) in [4.78, 5) is 15.2. The van der Waals surface area contributed by atoms with Gasteiger partial charge in [0.25, 0.3) is 5.91 Å². The van der Waals surface area contributed by atoms with Gasteiger partial charge in [-0.25, -0.2) is 0 Å². The van der Waals surface area contributed by atoms with E-state index in [1.54, 1.807) is 6.20 Å². The highest BCUT2D eigenvalue weighted by Gasteiger charge is 2.19. The molecule has 1 aromatic rings. The number of amides is 1. The highest BCUT2D eigenvalue weighted by atomic mass is 16.2. The van der Waals surface area contributed by atoms with E-state index in [9.17, 15) is 4.79 Å². The molecule has 2 heterocycles. The Morgan fingerprint density at radius 2 is 2.50 bits per heavy atom. The molecule has 0 bridgehead atoms. The molecule has 0 radical (unpaired) electrons. The Morgan fingerprint density at radius 3 is 3.25 bits per heavy atom. The molecule has 3 nitrogen and oxygen atoms in total. The first kappa shape index (κ1) is 7.28. The summed E-state index contributed by atoms with van der Waals surface area (Å²) in [6, 6.07) is 2.04. The predicted molar refractivity (Wildman–Crippen MR) is 44.8 cm³/mol. The van der Waals surface area contributed by atoms with E-state index in [4.69, 9.17) is 0 Å². The van der Waals surface area contributed by atoms with Crippen LogP contribution in [0.2, 0.25) is 0 Å². The Bertz CT molecular complexity index is 333. The molecule has 62 valence electrons. The summed E-state index contributed by atoms with van der Waals surface area (Å²) >= 11 is 0. The van der Waals surface area contributed by atoms with Crippen LogP contribution in [-0.2, 0) is 13.0 Å². The minimum absolute atomic E-state index is 0.0485. The van der Waals surface area contributed by atoms with Crippen LogP contribution in [0.5, 0.6) is 0 Å². The molecule has 2 rings (SSSR count). The number of rotatable bonds is 1. The zero-order valence-corrected chi connectivity index (χ0v) is 6.92. The minimum Gasteiger partial charge on any atom is -0.347 e. The highest BCUT2D eigenvalue weighted by molar-refractivity contribution is 5.96. The first-order valence-electron chi connectivity index (χ1n) is 4.07. The summed E-state index contributed by atoms with van der Waals surface area (Å²) in [6.07, 6.45) is 2.73. The minimum atomic E-state index is -0.0485. The molecule has 12 heavy (non-hydrogen) atoms. The maximum atomic E-state index is 11.1. The van der Waals surface area contributed by atoms with Crippen LogP contribution in [0.3, 0.4) is 0 Å². The largest absolute Gasteiger partial charge is 0.347 e. The molecule has 3 heteroatoms. The van der Waals surface area contributed by atoms with Gasteiger partial charge in [0.1, 0.15) is 5.69 Å². The molecule has 0 saturated heterocycles. The van der Waals surface area contributed by atoms with Crippen molar-refractivity contribution in [2.45, 2.75) is 19.9 Å². The van der Waals surface area contributed by atoms with Crippen molar-refractivity contribution >= 4 is 5.91 Å². The van der Waals surface area contributed by atoms with Gasteiger partial charge < -0.3 is 5.32 Å². The lowest BCUT2D eigenvalue weighted by molar-refractivity contribution is 0.0961. The lowest BCUT2D eigenvalue weighted by atomic mass is 10.1. The van der Waals surface area contributed by atoms with Crippen LogP contribution in [0, 0.1) is 0 Å². The van der Waals surface area contributed by atoms with E-state index in [0.717, 1.165) is 12.0 Å². The molecule has 1 aliphatic heterocycles. The Hall–Kier alpha value is -1.38. The number of nitrogens with one attached hydrogen (secondary N) is 1. The second-order valence-electron chi connectivity index (χ2n) is 2.89. The summed E-state index contributed by atoms with van der Waals surface area (Å²) in [5.74, 6) is -0.0485. The second kappa shape index (κ2) is 2.59. The van der Waals surface area contributed by atoms with Gasteiger partial charge in [0.05, 0.1) is 0 Å². The maximum Gasteiger partial charge on any atom is 0.270 e. The smallest absolute Gasteiger partial charge is 0.270 e. The van der Waals surface area contributed by atoms with Crippen molar-refractivity contribution in [3.63, 3.8) is 0 Å². The van der Waals surface area contributed by atoms with E-state index in [0.29, 0.717) is 12.2 Å². The lowest BCUT2D eigenvalue weighted by Gasteiger charge is -1.97. The summed E-state index contributed by atoms with van der Waals surface area (Å²) in [5, 5.41) is 2.73. The van der Waals surface area contributed by atoms with Gasteiger partial charge in [0, 0.05) is 18.3 Å². The third-order valence-electron chi connectivity index (χ3n) is 2.09. The Labute approximate surface area is 70.8 Å². The second-order valence-corrected chi connectivity index (χ2v) is 2.89. The van der Waals surface area contributed by atoms with Crippen LogP contribution in [-0.4, -0.2) is 10.9 Å². The van der Waals surface area contributed by atoms with E-state index in [2.05, 4.69) is 17.2 Å². The zero-order valence-electron chi connectivity index (χ0n) is 6.92. The van der Waals surface area contributed by atoms with E-state index < -0.39 is 0 Å². The van der Waals surface area contributed by atoms with Gasteiger partial charge >= 0.3 is 0 Å². The number of hydrogen-bond donors (Lipinski definition) is 1. The third kappa shape index (κ3) is 0.978. The first-order chi connectivity index (χ1) is 5.81. The Morgan fingerprint density at radius 1 is 1.67 bits per heavy atom. The maximum absolute atomic E-state index is 11.1. The van der Waals surface area contributed by atoms with E-state index in [1.807, 2.05) is 6.07 Å². The fourth-order valence-corrected chi connectivity index (χ4v) is 1.35. The normalized spacial score (nSPS) is 14.2. The van der Waals surface area contributed by atoms with Crippen LogP contribution >= 0.6 is 0 Å². The number of nitrogens with zero attached hydrogens (tertiary/aromatic N) is 1. The summed E-state index contributed by atoms with van der Waals surface area (Å²) in [5.41, 5.74) is 2.80. The van der Waals surface area contributed by atoms with E-state index in [1.165, 1.54) is 5.56 Å². The molecule has 0 unspecified atom stereocenters. The third-order valence-corrected chi connectivity index (χ3v) is 2.09. The Balaban J connectivity index is 2.48. The fourth-order valence-electron chi connectivity index (χ4n) is 1.35. The number of fused-ring (bicyclic) bond motifs is 1. The lowest BCUT2D eigenvalue weighted by Crippen LogP contribution is -2.13. The summed E-state index contributed by atoms with van der Waals surface area (Å²) < 4.78 is 0. The molecule has 1 aromatic heterocycles. The number of hydrogen-bond acceptors (Lipinski definition) is 2. The van der Waals surface area contributed by atoms with Crippen LogP contribution < -0.4 is 5.32 Å². The molecule has 0 spiro atoms. The van der Waals surface area contributed by atoms with Gasteiger partial charge in [-0.2, -0.15) is 0 Å². The Kier molecular flexibility index (Phi) is 1.57. The predicted octanol–water partition coefficient (Wildman–Crippen LogP) is 0.887. The van der Waals surface area contributed by atoms with Crippen molar-refractivity contribution < 1.29 is 4.79 Å². The molecule has 1 aliphatic rings. The molecule has 1 N–H and O–H groups in total. The van der Waals surface area contributed by atoms with Crippen molar-refractivity contribution in [3.8, 4) is 0 Å². The van der Waals surface area contributed by atoms with Gasteiger partial charge in [0.2, 0.25) is 0 Å². The van der Waals surface area contributed by atoms with Crippen LogP contribution in [0.1, 0.15) is 28.5 Å². The quantitative estimate of drug-likeness (QED) is 0.666. The molecule has 0 aliphatic carbocycles. The average molecular weight is 162 g/mol. The number of aromatic nitrogens is 1. The monoisotopic (exact) mass is 162 g/mol. The molecule has 0 atom stereocenters. The SMILES string of the molecule is CCc1cnc2c(c1)CNC2=O. The van der Waals surface area contributed by atoms with Gasteiger partial charge in [-0.3, -0.25) is 9.78 Å². The van der Waals surface area contributed by atoms with Crippen molar-refractivity contribution in [1.29, 1.82) is 0 Å². The van der Waals surface area contributed by atoms with Crippen molar-refractivity contribution in [2.75, 3.05) is 0 Å². The molecular formula is C9H10N2O. The van der Waals surface area contributed by atoms with Gasteiger partial charge in [-0.15, -0.1) is 0 Å². The molecule has 1 amide bonds. The summed E-state index contributed by atoms with van der Waals surface area (Å²) in [7, 11) is 0. The van der Waals surface area contributed by atoms with Gasteiger partial charge in [-0.05, 0) is 12.0 Å². The van der Waals surface area contributed by atoms with Crippen molar-refractivity contribution in [3.05, 3.63) is 29.1 Å². The molecule has 0 fully saturated rings. The zero-order chi connectivity index (χ0) is 8.55. The van der Waals surface area contributed by atoms with Crippen LogP contribution in [0.15, 0.2) is 12.3 Å². The van der Waals surface area contributed by atoms with Crippen molar-refractivity contribution in [2.24, 2.45) is 0 Å². The molecule has 0 aromatic carbocycles. The summed E-state index contributed by atoms with van der Waals surface area (Å²) in [6.45, 7) is 2.71. The van der Waals surface area contributed by atoms with Gasteiger partial charge in [-0.1, -0.05) is 13.0 Å².